The maximum absolute atomic E-state index is 8.81. The lowest BCUT2D eigenvalue weighted by atomic mass is 10.1. The highest BCUT2D eigenvalue weighted by molar-refractivity contribution is 5.48. The highest BCUT2D eigenvalue weighted by Crippen LogP contribution is 2.20. The van der Waals surface area contributed by atoms with Gasteiger partial charge in [0.2, 0.25) is 0 Å². The van der Waals surface area contributed by atoms with Gasteiger partial charge >= 0.3 is 0 Å². The van der Waals surface area contributed by atoms with Crippen molar-refractivity contribution in [2.24, 2.45) is 0 Å². The lowest BCUT2D eigenvalue weighted by Gasteiger charge is -2.10. The first kappa shape index (κ1) is 15.1. The van der Waals surface area contributed by atoms with Gasteiger partial charge in [-0.15, -0.1) is 0 Å². The van der Waals surface area contributed by atoms with Crippen molar-refractivity contribution in [3.8, 4) is 17.6 Å². The van der Waals surface area contributed by atoms with Crippen LogP contribution in [0.4, 0.5) is 0 Å². The molecule has 0 atom stereocenters. The third kappa shape index (κ3) is 4.34. The third-order valence-corrected chi connectivity index (χ3v) is 3.08. The van der Waals surface area contributed by atoms with Crippen molar-refractivity contribution in [2.45, 2.75) is 26.9 Å². The van der Waals surface area contributed by atoms with E-state index >= 15 is 0 Å². The van der Waals surface area contributed by atoms with Gasteiger partial charge in [-0.05, 0) is 43.2 Å². The molecule has 0 radical (unpaired) electrons. The van der Waals surface area contributed by atoms with Gasteiger partial charge in [-0.1, -0.05) is 24.0 Å². The standard InChI is InChI=1S/C18H19NO2/c1-14-8-9-18(16(12-14)7-3-4-11-20)21-13-17-15(2)6-5-10-19-17/h5-6,8-10,12,20H,4,11,13H2,1-2H3. The number of aryl methyl sites for hydroxylation is 2. The van der Waals surface area contributed by atoms with Crippen molar-refractivity contribution in [3.05, 3.63) is 58.9 Å². The first-order valence-corrected chi connectivity index (χ1v) is 6.94. The lowest BCUT2D eigenvalue weighted by molar-refractivity contribution is 0.299. The summed E-state index contributed by atoms with van der Waals surface area (Å²) in [4.78, 5) is 4.32. The van der Waals surface area contributed by atoms with Gasteiger partial charge in [0, 0.05) is 12.6 Å². The fourth-order valence-corrected chi connectivity index (χ4v) is 1.90. The van der Waals surface area contributed by atoms with E-state index in [0.29, 0.717) is 13.0 Å². The molecule has 0 saturated carbocycles. The molecule has 21 heavy (non-hydrogen) atoms. The number of nitrogens with zero attached hydrogens (tertiary/aromatic N) is 1. The van der Waals surface area contributed by atoms with Crippen molar-refractivity contribution < 1.29 is 9.84 Å². The predicted octanol–water partition coefficient (Wildman–Crippen LogP) is 3.01. The molecule has 0 aliphatic carbocycles. The molecule has 0 spiro atoms. The van der Waals surface area contributed by atoms with E-state index in [4.69, 9.17) is 9.84 Å². The number of ether oxygens (including phenoxy) is 1. The summed E-state index contributed by atoms with van der Waals surface area (Å²) < 4.78 is 5.86. The Morgan fingerprint density at radius 3 is 2.86 bits per heavy atom. The average Bonchev–Trinajstić information content (AvgIpc) is 2.48. The number of aliphatic hydroxyl groups excluding tert-OH is 1. The molecule has 0 amide bonds. The molecule has 2 rings (SSSR count). The molecule has 0 unspecified atom stereocenters. The van der Waals surface area contributed by atoms with Crippen LogP contribution in [-0.2, 0) is 6.61 Å². The zero-order chi connectivity index (χ0) is 15.1. The molecule has 3 heteroatoms. The number of benzene rings is 1. The van der Waals surface area contributed by atoms with E-state index in [9.17, 15) is 0 Å². The Kier molecular flexibility index (Phi) is 5.36. The quantitative estimate of drug-likeness (QED) is 0.876. The van der Waals surface area contributed by atoms with Crippen LogP contribution in [0.1, 0.15) is 28.8 Å². The molecule has 0 saturated heterocycles. The Bertz CT molecular complexity index is 668. The summed E-state index contributed by atoms with van der Waals surface area (Å²) in [7, 11) is 0. The van der Waals surface area contributed by atoms with E-state index in [1.165, 1.54) is 0 Å². The van der Waals surface area contributed by atoms with Crippen molar-refractivity contribution in [1.29, 1.82) is 0 Å². The van der Waals surface area contributed by atoms with E-state index in [2.05, 4.69) is 16.8 Å². The van der Waals surface area contributed by atoms with Crippen LogP contribution in [-0.4, -0.2) is 16.7 Å². The fourth-order valence-electron chi connectivity index (χ4n) is 1.90. The SMILES string of the molecule is Cc1ccc(OCc2ncccc2C)c(C#CCCO)c1. The minimum atomic E-state index is 0.0716. The van der Waals surface area contributed by atoms with E-state index < -0.39 is 0 Å². The Balaban J connectivity index is 2.16. The maximum atomic E-state index is 8.81. The predicted molar refractivity (Wildman–Crippen MR) is 83.1 cm³/mol. The Morgan fingerprint density at radius 1 is 1.24 bits per heavy atom. The normalized spacial score (nSPS) is 9.86. The number of aliphatic hydroxyl groups is 1. The molecule has 0 aliphatic rings. The Morgan fingerprint density at radius 2 is 2.10 bits per heavy atom. The second-order valence-electron chi connectivity index (χ2n) is 4.83. The molecule has 1 aromatic carbocycles. The van der Waals surface area contributed by atoms with Crippen LogP contribution in [0.2, 0.25) is 0 Å². The minimum Gasteiger partial charge on any atom is -0.486 e. The topological polar surface area (TPSA) is 42.4 Å². The molecule has 108 valence electrons. The summed E-state index contributed by atoms with van der Waals surface area (Å²) in [6.45, 7) is 4.53. The van der Waals surface area contributed by atoms with Crippen LogP contribution in [0, 0.1) is 25.7 Å². The molecule has 0 aliphatic heterocycles. The summed E-state index contributed by atoms with van der Waals surface area (Å²) in [5.41, 5.74) is 4.01. The molecule has 1 N–H and O–H groups in total. The van der Waals surface area contributed by atoms with Crippen LogP contribution in [0.25, 0.3) is 0 Å². The van der Waals surface area contributed by atoms with E-state index in [0.717, 1.165) is 28.1 Å². The average molecular weight is 281 g/mol. The van der Waals surface area contributed by atoms with Crippen molar-refractivity contribution in [2.75, 3.05) is 6.61 Å². The lowest BCUT2D eigenvalue weighted by Crippen LogP contribution is -2.01. The highest BCUT2D eigenvalue weighted by Gasteiger charge is 2.04. The van der Waals surface area contributed by atoms with Gasteiger partial charge in [0.25, 0.3) is 0 Å². The minimum absolute atomic E-state index is 0.0716. The van der Waals surface area contributed by atoms with Gasteiger partial charge in [0.1, 0.15) is 12.4 Å². The number of pyridine rings is 1. The summed E-state index contributed by atoms with van der Waals surface area (Å²) in [6, 6.07) is 9.85. The van der Waals surface area contributed by atoms with E-state index in [-0.39, 0.29) is 6.61 Å². The van der Waals surface area contributed by atoms with Crippen LogP contribution in [0.15, 0.2) is 36.5 Å². The van der Waals surface area contributed by atoms with Crippen molar-refractivity contribution in [1.82, 2.24) is 4.98 Å². The summed E-state index contributed by atoms with van der Waals surface area (Å²) in [5.74, 6) is 6.73. The fraction of sp³-hybridized carbons (Fsp3) is 0.278. The third-order valence-electron chi connectivity index (χ3n) is 3.08. The van der Waals surface area contributed by atoms with Gasteiger partial charge in [0.15, 0.2) is 0 Å². The Hall–Kier alpha value is -2.31. The smallest absolute Gasteiger partial charge is 0.135 e. The molecule has 0 bridgehead atoms. The number of aromatic nitrogens is 1. The first-order chi connectivity index (χ1) is 10.2. The molecule has 1 heterocycles. The van der Waals surface area contributed by atoms with E-state index in [1.807, 2.05) is 44.2 Å². The number of hydrogen-bond acceptors (Lipinski definition) is 3. The van der Waals surface area contributed by atoms with Crippen molar-refractivity contribution >= 4 is 0 Å². The number of hydrogen-bond donors (Lipinski definition) is 1. The zero-order valence-corrected chi connectivity index (χ0v) is 12.4. The van der Waals surface area contributed by atoms with Gasteiger partial charge in [-0.3, -0.25) is 4.98 Å². The Labute approximate surface area is 125 Å². The molecule has 1 aromatic heterocycles. The molecular formula is C18H19NO2. The first-order valence-electron chi connectivity index (χ1n) is 6.94. The molecule has 2 aromatic rings. The number of rotatable bonds is 4. The monoisotopic (exact) mass is 281 g/mol. The summed E-state index contributed by atoms with van der Waals surface area (Å²) in [5, 5.41) is 8.81. The van der Waals surface area contributed by atoms with Crippen LogP contribution in [0.5, 0.6) is 5.75 Å². The largest absolute Gasteiger partial charge is 0.486 e. The molecular weight excluding hydrogens is 262 g/mol. The van der Waals surface area contributed by atoms with Gasteiger partial charge < -0.3 is 9.84 Å². The van der Waals surface area contributed by atoms with Gasteiger partial charge in [-0.2, -0.15) is 0 Å². The van der Waals surface area contributed by atoms with Crippen LogP contribution < -0.4 is 4.74 Å². The van der Waals surface area contributed by atoms with E-state index in [1.54, 1.807) is 6.20 Å². The van der Waals surface area contributed by atoms with Gasteiger partial charge in [0.05, 0.1) is 17.9 Å². The highest BCUT2D eigenvalue weighted by atomic mass is 16.5. The zero-order valence-electron chi connectivity index (χ0n) is 12.4. The molecule has 3 nitrogen and oxygen atoms in total. The summed E-state index contributed by atoms with van der Waals surface area (Å²) >= 11 is 0. The second kappa shape index (κ2) is 7.47. The maximum Gasteiger partial charge on any atom is 0.135 e. The van der Waals surface area contributed by atoms with Gasteiger partial charge in [-0.25, -0.2) is 0 Å². The van der Waals surface area contributed by atoms with Crippen molar-refractivity contribution in [3.63, 3.8) is 0 Å². The molecule has 0 fully saturated rings. The van der Waals surface area contributed by atoms with Crippen LogP contribution >= 0.6 is 0 Å². The van der Waals surface area contributed by atoms with Crippen LogP contribution in [0.3, 0.4) is 0 Å². The summed E-state index contributed by atoms with van der Waals surface area (Å²) in [6.07, 6.45) is 2.23. The second-order valence-corrected chi connectivity index (χ2v) is 4.83.